The average Bonchev–Trinajstić information content (AvgIpc) is 3.83. The first-order chi connectivity index (χ1) is 28.3. The summed E-state index contributed by atoms with van der Waals surface area (Å²) in [6, 6.07) is 71.3. The number of rotatable bonds is 7. The Labute approximate surface area is 349 Å². The van der Waals surface area contributed by atoms with Gasteiger partial charge in [-0.1, -0.05) is 119 Å². The van der Waals surface area contributed by atoms with Crippen LogP contribution in [-0.4, -0.2) is 20.5 Å². The molecule has 7 aromatic carbocycles. The van der Waals surface area contributed by atoms with Crippen LogP contribution in [0.3, 0.4) is 0 Å². The van der Waals surface area contributed by atoms with Crippen molar-refractivity contribution in [3.8, 4) is 39.6 Å². The molecule has 0 amide bonds. The van der Waals surface area contributed by atoms with Gasteiger partial charge in [-0.05, 0) is 68.9 Å². The van der Waals surface area contributed by atoms with E-state index in [0.717, 1.165) is 83.5 Å². The molecule has 0 unspecified atom stereocenters. The first-order valence-corrected chi connectivity index (χ1v) is 18.8. The van der Waals surface area contributed by atoms with E-state index in [-0.39, 0.29) is 21.1 Å². The predicted octanol–water partition coefficient (Wildman–Crippen LogP) is 12.3. The third-order valence-electron chi connectivity index (χ3n) is 10.5. The second kappa shape index (κ2) is 14.7. The Balaban J connectivity index is 0.00000408. The molecular weight excluding hydrogens is 894 g/mol. The number of benzene rings is 7. The second-order valence-electron chi connectivity index (χ2n) is 13.8. The molecule has 1 aliphatic rings. The minimum absolute atomic E-state index is 0. The van der Waals surface area contributed by atoms with Crippen molar-refractivity contribution >= 4 is 61.5 Å². The molecule has 10 aromatic rings. The number of nitrogens with zero attached hydrogens (tertiary/aromatic N) is 5. The van der Waals surface area contributed by atoms with Crippen molar-refractivity contribution in [1.82, 2.24) is 23.7 Å². The van der Waals surface area contributed by atoms with E-state index in [2.05, 4.69) is 160 Å². The Kier molecular flexibility index (Phi) is 8.91. The molecule has 0 saturated carbocycles. The van der Waals surface area contributed by atoms with Crippen molar-refractivity contribution < 1.29 is 25.8 Å². The van der Waals surface area contributed by atoms with Crippen LogP contribution in [0.25, 0.3) is 60.8 Å². The fourth-order valence-corrected chi connectivity index (χ4v) is 7.96. The van der Waals surface area contributed by atoms with Crippen LogP contribution in [0, 0.1) is 12.1 Å². The van der Waals surface area contributed by atoms with E-state index in [1.54, 1.807) is 12.4 Å². The molecule has 0 radical (unpaired) electrons. The molecule has 0 atom stereocenters. The SMILES string of the molecule is C1=[N+](c2[c-]c(Oc3[c-]c4c(cc3)c3cccnc3n4-c3ccccn3)ccc2)c2ccc3ccccc3c2[N+]=1c1c(-c2ccccc2)cccc1-c1ccccc1.[Pt+2]. The van der Waals surface area contributed by atoms with Gasteiger partial charge in [0, 0.05) is 30.0 Å². The Hall–Kier alpha value is -7.23. The van der Waals surface area contributed by atoms with Gasteiger partial charge in [-0.15, -0.1) is 23.6 Å². The molecule has 7 heteroatoms. The first kappa shape index (κ1) is 35.2. The van der Waals surface area contributed by atoms with Gasteiger partial charge in [-0.2, -0.15) is 12.1 Å². The number of aromatic nitrogens is 3. The van der Waals surface area contributed by atoms with Crippen molar-refractivity contribution in [3.05, 3.63) is 200 Å². The van der Waals surface area contributed by atoms with Gasteiger partial charge in [0.15, 0.2) is 0 Å². The number of fused-ring (bicyclic) bond motifs is 6. The minimum Gasteiger partial charge on any atom is -0.509 e. The maximum atomic E-state index is 6.56. The van der Waals surface area contributed by atoms with Crippen LogP contribution in [0.4, 0.5) is 22.7 Å². The van der Waals surface area contributed by atoms with Gasteiger partial charge in [0.1, 0.15) is 17.2 Å². The molecule has 0 spiro atoms. The van der Waals surface area contributed by atoms with E-state index in [9.17, 15) is 0 Å². The zero-order chi connectivity index (χ0) is 37.7. The van der Waals surface area contributed by atoms with Gasteiger partial charge in [0.05, 0.1) is 16.5 Å². The summed E-state index contributed by atoms with van der Waals surface area (Å²) in [7, 11) is 0. The Bertz CT molecular complexity index is 3190. The smallest absolute Gasteiger partial charge is 0.509 e. The van der Waals surface area contributed by atoms with Crippen molar-refractivity contribution in [2.24, 2.45) is 0 Å². The Morgan fingerprint density at radius 3 is 1.97 bits per heavy atom. The molecule has 6 nitrogen and oxygen atoms in total. The summed E-state index contributed by atoms with van der Waals surface area (Å²) in [6.07, 6.45) is 3.59. The summed E-state index contributed by atoms with van der Waals surface area (Å²) in [5.74, 6) is 1.87. The number of hydrogen-bond donors (Lipinski definition) is 0. The predicted molar refractivity (Wildman–Crippen MR) is 230 cm³/mol. The van der Waals surface area contributed by atoms with Gasteiger partial charge in [0.25, 0.3) is 5.69 Å². The van der Waals surface area contributed by atoms with Crippen molar-refractivity contribution in [1.29, 1.82) is 0 Å². The fourth-order valence-electron chi connectivity index (χ4n) is 7.96. The summed E-state index contributed by atoms with van der Waals surface area (Å²) in [6.45, 7) is 0. The molecule has 58 heavy (non-hydrogen) atoms. The summed E-state index contributed by atoms with van der Waals surface area (Å²) >= 11 is 0. The second-order valence-corrected chi connectivity index (χ2v) is 13.8. The summed E-state index contributed by atoms with van der Waals surface area (Å²) in [5.41, 5.74) is 9.98. The van der Waals surface area contributed by atoms with Crippen molar-refractivity contribution in [2.75, 3.05) is 0 Å². The normalized spacial score (nSPS) is 11.9. The quantitative estimate of drug-likeness (QED) is 0.118. The molecule has 0 saturated heterocycles. The molecule has 4 heterocycles. The summed E-state index contributed by atoms with van der Waals surface area (Å²) in [4.78, 5) is 9.35. The van der Waals surface area contributed by atoms with Gasteiger partial charge in [0.2, 0.25) is 5.69 Å². The van der Waals surface area contributed by atoms with E-state index < -0.39 is 0 Å². The fraction of sp³-hybridized carbons (Fsp3) is 0. The number of hydrogen-bond acceptors (Lipinski definition) is 3. The van der Waals surface area contributed by atoms with Crippen LogP contribution < -0.4 is 13.9 Å². The van der Waals surface area contributed by atoms with E-state index in [1.165, 1.54) is 0 Å². The molecular formula is C51H31N5OPt+2. The molecule has 0 N–H and O–H groups in total. The monoisotopic (exact) mass is 924 g/mol. The van der Waals surface area contributed by atoms with Gasteiger partial charge in [-0.3, -0.25) is 0 Å². The Morgan fingerprint density at radius 2 is 1.19 bits per heavy atom. The van der Waals surface area contributed by atoms with Crippen LogP contribution in [-0.2, 0) is 21.1 Å². The van der Waals surface area contributed by atoms with Crippen LogP contribution >= 0.6 is 0 Å². The summed E-state index contributed by atoms with van der Waals surface area (Å²) < 4.78 is 12.9. The standard InChI is InChI=1S/C51H31N5O.Pt/c1-3-14-35(15-4-1)41-22-12-23-42(36-16-5-2-6-17-36)49(41)55-34-54(46-29-26-37-18-7-8-21-43(37)50(46)55)38-19-11-20-39(32-38)57-40-27-28-44-45-24-13-31-53-51(45)56(47(44)33-40)48-25-9-10-30-52-48;/h1-31H;/q;+2. The number of pyridine rings is 2. The maximum absolute atomic E-state index is 6.56. The Morgan fingerprint density at radius 1 is 0.500 bits per heavy atom. The molecule has 274 valence electrons. The molecule has 0 aliphatic carbocycles. The van der Waals surface area contributed by atoms with Gasteiger partial charge >= 0.3 is 32.8 Å². The first-order valence-electron chi connectivity index (χ1n) is 18.8. The van der Waals surface area contributed by atoms with E-state index in [1.807, 2.05) is 53.1 Å². The third-order valence-corrected chi connectivity index (χ3v) is 10.5. The molecule has 11 rings (SSSR count). The zero-order valence-corrected chi connectivity index (χ0v) is 33.1. The topological polar surface area (TPSA) is 46.0 Å². The molecule has 0 bridgehead atoms. The molecule has 1 aliphatic heterocycles. The van der Waals surface area contributed by atoms with Gasteiger partial charge < -0.3 is 9.30 Å². The summed E-state index contributed by atoms with van der Waals surface area (Å²) in [5, 5.41) is 4.31. The largest absolute Gasteiger partial charge is 2.00 e. The minimum atomic E-state index is 0. The van der Waals surface area contributed by atoms with Crippen molar-refractivity contribution in [2.45, 2.75) is 0 Å². The number of ether oxygens (including phenoxy) is 1. The third kappa shape index (κ3) is 5.95. The van der Waals surface area contributed by atoms with Crippen LogP contribution in [0.15, 0.2) is 188 Å². The number of para-hydroxylation sites is 1. The van der Waals surface area contributed by atoms with E-state index in [4.69, 9.17) is 9.72 Å². The van der Waals surface area contributed by atoms with E-state index in [0.29, 0.717) is 11.5 Å². The zero-order valence-electron chi connectivity index (χ0n) is 30.9. The van der Waals surface area contributed by atoms with Crippen molar-refractivity contribution in [3.63, 3.8) is 0 Å². The maximum Gasteiger partial charge on any atom is 2.00 e. The molecule has 3 aromatic heterocycles. The van der Waals surface area contributed by atoms with Gasteiger partial charge in [-0.25, -0.2) is 9.97 Å². The average molecular weight is 925 g/mol. The molecule has 0 fully saturated rings. The van der Waals surface area contributed by atoms with E-state index >= 15 is 0 Å². The van der Waals surface area contributed by atoms with Crippen LogP contribution in [0.2, 0.25) is 0 Å². The van der Waals surface area contributed by atoms with Crippen LogP contribution in [0.1, 0.15) is 0 Å². The van der Waals surface area contributed by atoms with Crippen LogP contribution in [0.5, 0.6) is 11.5 Å².